The molecule has 2 N–H and O–H groups in total. The van der Waals surface area contributed by atoms with Gasteiger partial charge in [-0.25, -0.2) is 0 Å². The van der Waals surface area contributed by atoms with Gasteiger partial charge in [-0.05, 0) is 31.5 Å². The van der Waals surface area contributed by atoms with Crippen LogP contribution in [-0.4, -0.2) is 25.3 Å². The second-order valence-electron chi connectivity index (χ2n) is 4.40. The third-order valence-electron chi connectivity index (χ3n) is 3.27. The predicted molar refractivity (Wildman–Crippen MR) is 75.4 cm³/mol. The van der Waals surface area contributed by atoms with Crippen LogP contribution in [0.1, 0.15) is 19.8 Å². The number of methoxy groups -OCH3 is 1. The molecule has 0 saturated heterocycles. The van der Waals surface area contributed by atoms with E-state index in [-0.39, 0.29) is 11.8 Å². The Bertz CT molecular complexity index is 499. The van der Waals surface area contributed by atoms with Gasteiger partial charge in [0.25, 0.3) is 5.91 Å². The van der Waals surface area contributed by atoms with Crippen molar-refractivity contribution in [3.8, 4) is 5.75 Å². The molecule has 0 aromatic heterocycles. The average molecular weight is 261 g/mol. The van der Waals surface area contributed by atoms with Gasteiger partial charge in [-0.2, -0.15) is 10.1 Å². The van der Waals surface area contributed by atoms with Gasteiger partial charge >= 0.3 is 0 Å². The van der Waals surface area contributed by atoms with Gasteiger partial charge in [0, 0.05) is 0 Å². The van der Waals surface area contributed by atoms with Crippen LogP contribution in [0.2, 0.25) is 0 Å². The highest BCUT2D eigenvalue weighted by atomic mass is 16.5. The molecule has 5 heteroatoms. The van der Waals surface area contributed by atoms with Crippen LogP contribution in [-0.2, 0) is 4.79 Å². The van der Waals surface area contributed by atoms with Crippen LogP contribution in [0.5, 0.6) is 5.75 Å². The Morgan fingerprint density at radius 2 is 2.16 bits per heavy atom. The van der Waals surface area contributed by atoms with Crippen LogP contribution in [0.15, 0.2) is 29.4 Å². The van der Waals surface area contributed by atoms with Crippen LogP contribution in [0.25, 0.3) is 0 Å². The zero-order chi connectivity index (χ0) is 13.8. The van der Waals surface area contributed by atoms with E-state index in [1.54, 1.807) is 7.11 Å². The van der Waals surface area contributed by atoms with E-state index in [1.165, 1.54) is 5.01 Å². The van der Waals surface area contributed by atoms with Crippen molar-refractivity contribution < 1.29 is 9.53 Å². The number of ether oxygens (including phenoxy) is 1. The summed E-state index contributed by atoms with van der Waals surface area (Å²) in [5.41, 5.74) is 7.15. The lowest BCUT2D eigenvalue weighted by atomic mass is 9.98. The molecular formula is C14H19N3O2. The maximum Gasteiger partial charge on any atom is 0.256 e. The Hall–Kier alpha value is -1.88. The standard InChI is InChI=1S/C14H19N3O2/c1-3-11-10(8-9-15)14(18)17(16-11)12-6-4-5-7-13(12)19-2/h4-7,10H,3,8-9,15H2,1-2H3. The highest BCUT2D eigenvalue weighted by Crippen LogP contribution is 2.33. The quantitative estimate of drug-likeness (QED) is 0.878. The number of nitrogens with two attached hydrogens (primary N) is 1. The van der Waals surface area contributed by atoms with E-state index in [0.717, 1.165) is 12.1 Å². The molecule has 1 aromatic carbocycles. The predicted octanol–water partition coefficient (Wildman–Crippen LogP) is 1.77. The van der Waals surface area contributed by atoms with Crippen molar-refractivity contribution in [1.29, 1.82) is 0 Å². The minimum atomic E-state index is -0.195. The molecule has 1 amide bonds. The Morgan fingerprint density at radius 1 is 1.42 bits per heavy atom. The number of hydrogen-bond donors (Lipinski definition) is 1. The maximum absolute atomic E-state index is 12.4. The average Bonchev–Trinajstić information content (AvgIpc) is 2.76. The smallest absolute Gasteiger partial charge is 0.256 e. The summed E-state index contributed by atoms with van der Waals surface area (Å²) in [4.78, 5) is 12.4. The number of benzene rings is 1. The molecule has 2 rings (SSSR count). The zero-order valence-corrected chi connectivity index (χ0v) is 11.3. The minimum Gasteiger partial charge on any atom is -0.494 e. The second-order valence-corrected chi connectivity index (χ2v) is 4.40. The first-order chi connectivity index (χ1) is 9.22. The van der Waals surface area contributed by atoms with Crippen molar-refractivity contribution in [1.82, 2.24) is 0 Å². The second kappa shape index (κ2) is 5.84. The molecule has 0 saturated carbocycles. The Balaban J connectivity index is 2.36. The monoisotopic (exact) mass is 261 g/mol. The normalized spacial score (nSPS) is 18.7. The summed E-state index contributed by atoms with van der Waals surface area (Å²) in [6.07, 6.45) is 1.39. The third-order valence-corrected chi connectivity index (χ3v) is 3.27. The van der Waals surface area contributed by atoms with Crippen LogP contribution in [0, 0.1) is 5.92 Å². The van der Waals surface area contributed by atoms with Gasteiger partial charge < -0.3 is 10.5 Å². The number of para-hydroxylation sites is 2. The first kappa shape index (κ1) is 13.5. The summed E-state index contributed by atoms with van der Waals surface area (Å²) in [7, 11) is 1.58. The van der Waals surface area contributed by atoms with Crippen molar-refractivity contribution >= 4 is 17.3 Å². The first-order valence-electron chi connectivity index (χ1n) is 6.47. The molecule has 102 valence electrons. The number of carbonyl (C=O) groups is 1. The number of amides is 1. The summed E-state index contributed by atoms with van der Waals surface area (Å²) in [5, 5.41) is 5.87. The Labute approximate surface area is 113 Å². The molecule has 1 aliphatic rings. The van der Waals surface area contributed by atoms with Crippen LogP contribution in [0.3, 0.4) is 0 Å². The molecule has 0 bridgehead atoms. The summed E-state index contributed by atoms with van der Waals surface area (Å²) in [5.74, 6) is 0.426. The molecule has 1 aliphatic heterocycles. The topological polar surface area (TPSA) is 67.9 Å². The van der Waals surface area contributed by atoms with E-state index in [1.807, 2.05) is 31.2 Å². The lowest BCUT2D eigenvalue weighted by Gasteiger charge is -2.16. The largest absolute Gasteiger partial charge is 0.494 e. The Kier molecular flexibility index (Phi) is 4.16. The molecule has 1 heterocycles. The summed E-state index contributed by atoms with van der Waals surface area (Å²) < 4.78 is 5.28. The molecule has 5 nitrogen and oxygen atoms in total. The van der Waals surface area contributed by atoms with Gasteiger partial charge in [-0.3, -0.25) is 4.79 Å². The van der Waals surface area contributed by atoms with E-state index in [0.29, 0.717) is 24.4 Å². The lowest BCUT2D eigenvalue weighted by molar-refractivity contribution is -0.119. The molecular weight excluding hydrogens is 242 g/mol. The zero-order valence-electron chi connectivity index (χ0n) is 11.3. The summed E-state index contributed by atoms with van der Waals surface area (Å²) >= 11 is 0. The number of hydrazone groups is 1. The minimum absolute atomic E-state index is 0.0215. The van der Waals surface area contributed by atoms with Gasteiger partial charge in [-0.15, -0.1) is 0 Å². The molecule has 1 atom stereocenters. The van der Waals surface area contributed by atoms with Gasteiger partial charge in [0.05, 0.1) is 18.7 Å². The Morgan fingerprint density at radius 3 is 2.79 bits per heavy atom. The number of carbonyl (C=O) groups excluding carboxylic acids is 1. The molecule has 1 unspecified atom stereocenters. The number of rotatable bonds is 5. The fourth-order valence-electron chi connectivity index (χ4n) is 2.29. The number of nitrogens with zero attached hydrogens (tertiary/aromatic N) is 2. The van der Waals surface area contributed by atoms with Gasteiger partial charge in [-0.1, -0.05) is 19.1 Å². The van der Waals surface area contributed by atoms with E-state index in [4.69, 9.17) is 10.5 Å². The van der Waals surface area contributed by atoms with Gasteiger partial charge in [0.1, 0.15) is 11.4 Å². The fourth-order valence-corrected chi connectivity index (χ4v) is 2.29. The molecule has 0 radical (unpaired) electrons. The van der Waals surface area contributed by atoms with Crippen molar-refractivity contribution in [2.45, 2.75) is 19.8 Å². The molecule has 19 heavy (non-hydrogen) atoms. The van der Waals surface area contributed by atoms with Crippen molar-refractivity contribution in [2.24, 2.45) is 16.8 Å². The first-order valence-corrected chi connectivity index (χ1v) is 6.47. The van der Waals surface area contributed by atoms with Crippen molar-refractivity contribution in [3.05, 3.63) is 24.3 Å². The number of anilines is 1. The van der Waals surface area contributed by atoms with E-state index >= 15 is 0 Å². The summed E-state index contributed by atoms with van der Waals surface area (Å²) in [6, 6.07) is 7.38. The van der Waals surface area contributed by atoms with Crippen molar-refractivity contribution in [3.63, 3.8) is 0 Å². The van der Waals surface area contributed by atoms with E-state index in [9.17, 15) is 4.79 Å². The fraction of sp³-hybridized carbons (Fsp3) is 0.429. The highest BCUT2D eigenvalue weighted by molar-refractivity contribution is 6.15. The third kappa shape index (κ3) is 2.46. The molecule has 0 fully saturated rings. The lowest BCUT2D eigenvalue weighted by Crippen LogP contribution is -2.29. The number of hydrogen-bond acceptors (Lipinski definition) is 4. The highest BCUT2D eigenvalue weighted by Gasteiger charge is 2.35. The molecule has 0 spiro atoms. The SMILES string of the molecule is CCC1=NN(c2ccccc2OC)C(=O)C1CCN. The van der Waals surface area contributed by atoms with E-state index < -0.39 is 0 Å². The van der Waals surface area contributed by atoms with Crippen molar-refractivity contribution in [2.75, 3.05) is 18.7 Å². The van der Waals surface area contributed by atoms with E-state index in [2.05, 4.69) is 5.10 Å². The maximum atomic E-state index is 12.4. The summed E-state index contributed by atoms with van der Waals surface area (Å²) in [6.45, 7) is 2.48. The van der Waals surface area contributed by atoms with Crippen LogP contribution >= 0.6 is 0 Å². The van der Waals surface area contributed by atoms with Gasteiger partial charge in [0.15, 0.2) is 0 Å². The van der Waals surface area contributed by atoms with Crippen LogP contribution < -0.4 is 15.5 Å². The van der Waals surface area contributed by atoms with Gasteiger partial charge in [0.2, 0.25) is 0 Å². The molecule has 0 aliphatic carbocycles. The molecule has 1 aromatic rings. The van der Waals surface area contributed by atoms with Crippen LogP contribution in [0.4, 0.5) is 5.69 Å².